The molecule has 1 amide bonds. The Morgan fingerprint density at radius 1 is 1.03 bits per heavy atom. The van der Waals surface area contributed by atoms with Gasteiger partial charge in [0.1, 0.15) is 24.9 Å². The Balaban J connectivity index is 1.39. The summed E-state index contributed by atoms with van der Waals surface area (Å²) in [6.07, 6.45) is 0.313. The van der Waals surface area contributed by atoms with Gasteiger partial charge in [0.15, 0.2) is 14.1 Å². The molecule has 6 atom stereocenters. The summed E-state index contributed by atoms with van der Waals surface area (Å²) in [5, 5.41) is 0.0688. The average molecular weight is 534 g/mol. The molecule has 4 fully saturated rings. The third kappa shape index (κ3) is 5.49. The van der Waals surface area contributed by atoms with Gasteiger partial charge in [-0.3, -0.25) is 4.90 Å². The van der Waals surface area contributed by atoms with E-state index in [0.717, 1.165) is 5.56 Å². The second kappa shape index (κ2) is 9.61. The molecule has 4 aliphatic heterocycles. The molecule has 9 heteroatoms. The normalized spacial score (nSPS) is 35.4. The first kappa shape index (κ1) is 27.1. The van der Waals surface area contributed by atoms with Crippen molar-refractivity contribution in [1.29, 1.82) is 0 Å². The lowest BCUT2D eigenvalue weighted by Crippen LogP contribution is -2.51. The van der Waals surface area contributed by atoms with Gasteiger partial charge >= 0.3 is 6.09 Å². The number of cyclic esters (lactones) is 1. The van der Waals surface area contributed by atoms with E-state index in [1.165, 1.54) is 0 Å². The average Bonchev–Trinajstić information content (AvgIpc) is 3.46. The molecule has 8 nitrogen and oxygen atoms in total. The maximum atomic E-state index is 12.8. The molecule has 0 unspecified atom stereocenters. The van der Waals surface area contributed by atoms with Crippen LogP contribution in [0.25, 0.3) is 0 Å². The van der Waals surface area contributed by atoms with E-state index in [2.05, 4.69) is 33.9 Å². The molecule has 1 aromatic carbocycles. The Morgan fingerprint density at radius 2 is 1.73 bits per heavy atom. The van der Waals surface area contributed by atoms with Crippen molar-refractivity contribution in [1.82, 2.24) is 4.90 Å². The summed E-state index contributed by atoms with van der Waals surface area (Å²) < 4.78 is 37.9. The topological polar surface area (TPSA) is 75.7 Å². The van der Waals surface area contributed by atoms with Gasteiger partial charge < -0.3 is 28.1 Å². The number of nitrogens with zero attached hydrogens (tertiary/aromatic N) is 1. The van der Waals surface area contributed by atoms with Crippen LogP contribution in [0.3, 0.4) is 0 Å². The summed E-state index contributed by atoms with van der Waals surface area (Å²) in [6.45, 7) is 16.9. The highest BCUT2D eigenvalue weighted by molar-refractivity contribution is 6.74. The maximum Gasteiger partial charge on any atom is 0.410 e. The first-order valence-electron chi connectivity index (χ1n) is 13.5. The number of ether oxygens (including phenoxy) is 5. The van der Waals surface area contributed by atoms with Crippen LogP contribution < -0.4 is 0 Å². The van der Waals surface area contributed by atoms with Crippen molar-refractivity contribution in [2.45, 2.75) is 114 Å². The van der Waals surface area contributed by atoms with Crippen LogP contribution in [-0.4, -0.2) is 81.0 Å². The van der Waals surface area contributed by atoms with E-state index in [1.54, 1.807) is 0 Å². The summed E-state index contributed by atoms with van der Waals surface area (Å²) >= 11 is 0. The highest BCUT2D eigenvalue weighted by Gasteiger charge is 2.60. The Hall–Kier alpha value is -1.49. The van der Waals surface area contributed by atoms with Crippen molar-refractivity contribution < 1.29 is 32.9 Å². The lowest BCUT2D eigenvalue weighted by atomic mass is 9.89. The molecule has 4 heterocycles. The number of hydrogen-bond acceptors (Lipinski definition) is 7. The van der Waals surface area contributed by atoms with E-state index in [1.807, 2.05) is 49.1 Å². The smallest absolute Gasteiger partial charge is 0.410 e. The molecule has 5 rings (SSSR count). The molecule has 37 heavy (non-hydrogen) atoms. The van der Waals surface area contributed by atoms with Crippen molar-refractivity contribution >= 4 is 14.4 Å². The van der Waals surface area contributed by atoms with E-state index in [4.69, 9.17) is 28.1 Å². The third-order valence-corrected chi connectivity index (χ3v) is 13.2. The second-order valence-corrected chi connectivity index (χ2v) is 17.9. The fraction of sp³-hybridized carbons (Fsp3) is 0.750. The number of carbonyl (C=O) groups excluding carboxylic acids is 1. The van der Waals surface area contributed by atoms with E-state index in [-0.39, 0.29) is 41.6 Å². The van der Waals surface area contributed by atoms with Gasteiger partial charge in [-0.15, -0.1) is 0 Å². The van der Waals surface area contributed by atoms with Crippen LogP contribution in [0.5, 0.6) is 0 Å². The van der Waals surface area contributed by atoms with Gasteiger partial charge in [0, 0.05) is 19.4 Å². The van der Waals surface area contributed by atoms with Crippen molar-refractivity contribution in [3.8, 4) is 0 Å². The molecular formula is C28H43NO7Si. The number of benzene rings is 1. The SMILES string of the molecule is CC1(C)O[C@@H]2[C@H]3O[C@](CO[Si](C)(C)C(C)(C)C)(C[C@H]4COC(=O)N4Cc4ccccc4)C[C@H]3OC[C@@H]2O1. The van der Waals surface area contributed by atoms with Crippen LogP contribution in [0.1, 0.15) is 53.0 Å². The minimum Gasteiger partial charge on any atom is -0.447 e. The fourth-order valence-electron chi connectivity index (χ4n) is 5.69. The Morgan fingerprint density at radius 3 is 2.43 bits per heavy atom. The number of hydrogen-bond donors (Lipinski definition) is 0. The molecule has 0 aromatic heterocycles. The monoisotopic (exact) mass is 533 g/mol. The maximum absolute atomic E-state index is 12.8. The molecule has 206 valence electrons. The second-order valence-electron chi connectivity index (χ2n) is 13.1. The number of rotatable bonds is 7. The van der Waals surface area contributed by atoms with Crippen molar-refractivity contribution in [2.75, 3.05) is 19.8 Å². The molecule has 4 saturated heterocycles. The first-order valence-corrected chi connectivity index (χ1v) is 16.4. The van der Waals surface area contributed by atoms with E-state index < -0.39 is 19.7 Å². The minimum absolute atomic E-state index is 0.0688. The van der Waals surface area contributed by atoms with E-state index in [0.29, 0.717) is 39.2 Å². The van der Waals surface area contributed by atoms with Crippen molar-refractivity contribution in [3.05, 3.63) is 35.9 Å². The minimum atomic E-state index is -2.05. The molecule has 0 spiro atoms. The standard InChI is InChI=1S/C28H43NO7Si/c1-26(2,3)37(6,7)33-18-28(13-20-16-32-25(30)29(20)15-19-11-9-8-10-12-19)14-21-23(36-28)24-22(17-31-21)34-27(4,5)35-24/h8-12,20-24H,13-18H2,1-7H3/t20-,21+,22-,23-,24-,28+/m0/s1. The predicted octanol–water partition coefficient (Wildman–Crippen LogP) is 4.87. The molecular weight excluding hydrogens is 490 g/mol. The van der Waals surface area contributed by atoms with Crippen LogP contribution in [0.4, 0.5) is 4.79 Å². The van der Waals surface area contributed by atoms with Crippen LogP contribution in [0.15, 0.2) is 30.3 Å². The number of fused-ring (bicyclic) bond motifs is 3. The molecule has 0 radical (unpaired) electrons. The molecule has 0 saturated carbocycles. The summed E-state index contributed by atoms with van der Waals surface area (Å²) in [5.41, 5.74) is 0.451. The summed E-state index contributed by atoms with van der Waals surface area (Å²) in [4.78, 5) is 14.6. The number of carbonyl (C=O) groups is 1. The fourth-order valence-corrected chi connectivity index (χ4v) is 6.75. The van der Waals surface area contributed by atoms with Crippen LogP contribution >= 0.6 is 0 Å². The Bertz CT molecular complexity index is 980. The zero-order chi connectivity index (χ0) is 26.6. The summed E-state index contributed by atoms with van der Waals surface area (Å²) in [7, 11) is -2.05. The molecule has 0 bridgehead atoms. The van der Waals surface area contributed by atoms with Crippen molar-refractivity contribution in [2.24, 2.45) is 0 Å². The van der Waals surface area contributed by atoms with E-state index >= 15 is 0 Å². The van der Waals surface area contributed by atoms with Crippen LogP contribution in [0, 0.1) is 0 Å². The lowest BCUT2D eigenvalue weighted by Gasteiger charge is -2.41. The third-order valence-electron chi connectivity index (χ3n) is 8.73. The van der Waals surface area contributed by atoms with Gasteiger partial charge in [0.25, 0.3) is 0 Å². The van der Waals surface area contributed by atoms with Crippen LogP contribution in [-0.2, 0) is 34.7 Å². The largest absolute Gasteiger partial charge is 0.447 e. The zero-order valence-electron chi connectivity index (χ0n) is 23.3. The first-order chi connectivity index (χ1) is 17.3. The predicted molar refractivity (Wildman–Crippen MR) is 141 cm³/mol. The molecule has 1 aromatic rings. The highest BCUT2D eigenvalue weighted by Crippen LogP contribution is 2.47. The molecule has 0 N–H and O–H groups in total. The molecule has 4 aliphatic rings. The van der Waals surface area contributed by atoms with Gasteiger partial charge in [-0.2, -0.15) is 0 Å². The van der Waals surface area contributed by atoms with Gasteiger partial charge in [0.05, 0.1) is 31.0 Å². The summed E-state index contributed by atoms with van der Waals surface area (Å²) in [5.74, 6) is -0.669. The molecule has 0 aliphatic carbocycles. The van der Waals surface area contributed by atoms with Gasteiger partial charge in [-0.1, -0.05) is 51.1 Å². The van der Waals surface area contributed by atoms with Gasteiger partial charge in [0.2, 0.25) is 0 Å². The number of amides is 1. The van der Waals surface area contributed by atoms with Crippen LogP contribution in [0.2, 0.25) is 18.1 Å². The quantitative estimate of drug-likeness (QED) is 0.463. The van der Waals surface area contributed by atoms with Gasteiger partial charge in [-0.25, -0.2) is 4.79 Å². The van der Waals surface area contributed by atoms with E-state index in [9.17, 15) is 4.79 Å². The zero-order valence-corrected chi connectivity index (χ0v) is 24.3. The van der Waals surface area contributed by atoms with Gasteiger partial charge in [-0.05, 0) is 37.5 Å². The summed E-state index contributed by atoms with van der Waals surface area (Å²) in [6, 6.07) is 9.91. The van der Waals surface area contributed by atoms with Crippen molar-refractivity contribution in [3.63, 3.8) is 0 Å². The Labute approximate surface area is 222 Å². The Kier molecular flexibility index (Phi) is 7.03. The lowest BCUT2D eigenvalue weighted by molar-refractivity contribution is -0.175. The highest BCUT2D eigenvalue weighted by atomic mass is 28.4.